The van der Waals surface area contributed by atoms with Crippen molar-refractivity contribution in [3.63, 3.8) is 0 Å². The summed E-state index contributed by atoms with van der Waals surface area (Å²) >= 11 is 0. The fraction of sp³-hybridized carbons (Fsp3) is 0.522. The molecule has 0 amide bonds. The average molecular weight is 530 g/mol. The summed E-state index contributed by atoms with van der Waals surface area (Å²) in [5.41, 5.74) is 1.27. The summed E-state index contributed by atoms with van der Waals surface area (Å²) in [6, 6.07) is 8.06. The van der Waals surface area contributed by atoms with Crippen LogP contribution in [-0.2, 0) is 24.0 Å². The summed E-state index contributed by atoms with van der Waals surface area (Å²) in [5.74, 6) is -5.20. The third-order valence-electron chi connectivity index (χ3n) is 4.59. The molecule has 1 aromatic carbocycles. The van der Waals surface area contributed by atoms with Crippen molar-refractivity contribution >= 4 is 29.8 Å². The Bertz CT molecular complexity index is 805. The topological polar surface area (TPSA) is 205 Å². The van der Waals surface area contributed by atoms with Crippen molar-refractivity contribution in [3.05, 3.63) is 29.8 Å². The minimum atomic E-state index is -1.24. The van der Waals surface area contributed by atoms with Crippen LogP contribution in [0.2, 0.25) is 0 Å². The molecule has 0 fully saturated rings. The lowest BCUT2D eigenvalue weighted by Crippen LogP contribution is -2.45. The molecule has 0 saturated carbocycles. The molecule has 0 atom stereocenters. The van der Waals surface area contributed by atoms with Crippen LogP contribution in [0.1, 0.15) is 12.5 Å². The summed E-state index contributed by atoms with van der Waals surface area (Å²) in [7, 11) is 0. The molecule has 0 aliphatic rings. The van der Waals surface area contributed by atoms with Gasteiger partial charge in [0.25, 0.3) is 0 Å². The summed E-state index contributed by atoms with van der Waals surface area (Å²) in [6.45, 7) is 2.05. The highest BCUT2D eigenvalue weighted by Crippen LogP contribution is 2.10. The molecule has 0 saturated heterocycles. The Kier molecular flexibility index (Phi) is 16.6. The second-order valence-corrected chi connectivity index (χ2v) is 7.91. The standard InChI is InChI=1S/C14H23N3O10.C9H12O/c18-10(19)5-15(1-3-16(6-11(20)21)7-12(22)23)2-4-17(8-13(24)25)9-14(26)27;1-3-10-9-6-4-8(2)5-7-9/h1-9H2,(H,18,19)(H,20,21)(H,22,23)(H,24,25)(H,26,27);4-7H,3H2,1-2H3. The van der Waals surface area contributed by atoms with Gasteiger partial charge in [0, 0.05) is 26.2 Å². The molecule has 0 aliphatic heterocycles. The highest BCUT2D eigenvalue weighted by Gasteiger charge is 2.19. The van der Waals surface area contributed by atoms with E-state index >= 15 is 0 Å². The molecular formula is C23H35N3O11. The van der Waals surface area contributed by atoms with Crippen molar-refractivity contribution in [1.82, 2.24) is 14.7 Å². The van der Waals surface area contributed by atoms with Crippen LogP contribution in [0.25, 0.3) is 0 Å². The zero-order chi connectivity index (χ0) is 28.4. The molecule has 14 heteroatoms. The summed E-state index contributed by atoms with van der Waals surface area (Å²) in [6.07, 6.45) is 0. The molecule has 0 radical (unpaired) electrons. The first-order valence-corrected chi connectivity index (χ1v) is 11.3. The van der Waals surface area contributed by atoms with Gasteiger partial charge >= 0.3 is 29.8 Å². The van der Waals surface area contributed by atoms with Gasteiger partial charge in [-0.1, -0.05) is 17.7 Å². The molecule has 0 aliphatic carbocycles. The molecule has 37 heavy (non-hydrogen) atoms. The largest absolute Gasteiger partial charge is 0.494 e. The summed E-state index contributed by atoms with van der Waals surface area (Å²) in [4.78, 5) is 57.6. The predicted octanol–water partition coefficient (Wildman–Crippen LogP) is -0.291. The van der Waals surface area contributed by atoms with Gasteiger partial charge in [-0.25, -0.2) is 0 Å². The lowest BCUT2D eigenvalue weighted by atomic mass is 10.2. The van der Waals surface area contributed by atoms with E-state index in [9.17, 15) is 24.0 Å². The molecule has 0 unspecified atom stereocenters. The molecule has 0 bridgehead atoms. The first-order valence-electron chi connectivity index (χ1n) is 11.3. The first kappa shape index (κ1) is 33.2. The number of carboxylic acids is 5. The molecule has 0 spiro atoms. The summed E-state index contributed by atoms with van der Waals surface area (Å²) < 4.78 is 5.26. The maximum atomic E-state index is 11.0. The lowest BCUT2D eigenvalue weighted by Gasteiger charge is -2.27. The van der Waals surface area contributed by atoms with Crippen molar-refractivity contribution in [3.8, 4) is 5.75 Å². The van der Waals surface area contributed by atoms with E-state index in [-0.39, 0.29) is 26.2 Å². The number of nitrogens with zero attached hydrogens (tertiary/aromatic N) is 3. The first-order chi connectivity index (χ1) is 17.3. The second kappa shape index (κ2) is 18.5. The fourth-order valence-electron chi connectivity index (χ4n) is 3.02. The van der Waals surface area contributed by atoms with Gasteiger partial charge in [0.05, 0.1) is 39.3 Å². The van der Waals surface area contributed by atoms with Gasteiger partial charge in [-0.2, -0.15) is 0 Å². The van der Waals surface area contributed by atoms with E-state index in [1.807, 2.05) is 31.2 Å². The highest BCUT2D eigenvalue weighted by molar-refractivity contribution is 5.73. The van der Waals surface area contributed by atoms with Crippen LogP contribution in [0.3, 0.4) is 0 Å². The number of benzene rings is 1. The smallest absolute Gasteiger partial charge is 0.317 e. The van der Waals surface area contributed by atoms with Gasteiger partial charge < -0.3 is 30.3 Å². The minimum Gasteiger partial charge on any atom is -0.494 e. The van der Waals surface area contributed by atoms with E-state index in [1.165, 1.54) is 10.5 Å². The second-order valence-electron chi connectivity index (χ2n) is 7.91. The van der Waals surface area contributed by atoms with Crippen molar-refractivity contribution < 1.29 is 54.2 Å². The molecule has 0 aromatic heterocycles. The Balaban J connectivity index is 0.00000107. The van der Waals surface area contributed by atoms with Crippen LogP contribution < -0.4 is 4.74 Å². The average Bonchev–Trinajstić information content (AvgIpc) is 2.75. The van der Waals surface area contributed by atoms with Gasteiger partial charge in [0.15, 0.2) is 0 Å². The number of carbonyl (C=O) groups is 5. The predicted molar refractivity (Wildman–Crippen MR) is 130 cm³/mol. The van der Waals surface area contributed by atoms with Gasteiger partial charge in [0.1, 0.15) is 5.75 Å². The Morgan fingerprint density at radius 3 is 1.19 bits per heavy atom. The van der Waals surface area contributed by atoms with E-state index in [2.05, 4.69) is 6.92 Å². The third-order valence-corrected chi connectivity index (χ3v) is 4.59. The van der Waals surface area contributed by atoms with Crippen molar-refractivity contribution in [2.45, 2.75) is 13.8 Å². The van der Waals surface area contributed by atoms with Gasteiger partial charge in [0.2, 0.25) is 0 Å². The van der Waals surface area contributed by atoms with Crippen molar-refractivity contribution in [1.29, 1.82) is 0 Å². The van der Waals surface area contributed by atoms with E-state index in [0.29, 0.717) is 0 Å². The molecule has 0 heterocycles. The Morgan fingerprint density at radius 2 is 0.892 bits per heavy atom. The maximum Gasteiger partial charge on any atom is 0.317 e. The Morgan fingerprint density at radius 1 is 0.595 bits per heavy atom. The SMILES string of the molecule is CCOc1ccc(C)cc1.O=C(O)CN(CCN(CC(=O)O)CC(=O)O)CCN(CC(=O)O)CC(=O)O. The molecule has 208 valence electrons. The number of rotatable bonds is 18. The highest BCUT2D eigenvalue weighted by atomic mass is 16.5. The molecule has 1 rings (SSSR count). The van der Waals surface area contributed by atoms with Crippen LogP contribution >= 0.6 is 0 Å². The van der Waals surface area contributed by atoms with Crippen LogP contribution in [0, 0.1) is 6.92 Å². The van der Waals surface area contributed by atoms with Gasteiger partial charge in [-0.05, 0) is 26.0 Å². The zero-order valence-corrected chi connectivity index (χ0v) is 20.9. The van der Waals surface area contributed by atoms with Crippen LogP contribution in [-0.4, -0.2) is 136 Å². The molecular weight excluding hydrogens is 494 g/mol. The summed E-state index contributed by atoms with van der Waals surface area (Å²) in [5, 5.41) is 44.1. The number of carboxylic acid groups (broad SMARTS) is 5. The van der Waals surface area contributed by atoms with E-state index in [0.717, 1.165) is 22.2 Å². The van der Waals surface area contributed by atoms with E-state index in [4.69, 9.17) is 30.3 Å². The van der Waals surface area contributed by atoms with E-state index < -0.39 is 62.6 Å². The number of hydrogen-bond acceptors (Lipinski definition) is 9. The number of aliphatic carboxylic acids is 5. The van der Waals surface area contributed by atoms with Crippen LogP contribution in [0.4, 0.5) is 0 Å². The van der Waals surface area contributed by atoms with Crippen LogP contribution in [0.5, 0.6) is 5.75 Å². The van der Waals surface area contributed by atoms with Crippen molar-refractivity contribution in [2.75, 3.05) is 65.5 Å². The fourth-order valence-corrected chi connectivity index (χ4v) is 3.02. The van der Waals surface area contributed by atoms with Crippen LogP contribution in [0.15, 0.2) is 24.3 Å². The number of ether oxygens (including phenoxy) is 1. The zero-order valence-electron chi connectivity index (χ0n) is 20.9. The molecule has 14 nitrogen and oxygen atoms in total. The lowest BCUT2D eigenvalue weighted by molar-refractivity contribution is -0.143. The Labute approximate surface area is 214 Å². The minimum absolute atomic E-state index is 0.000836. The molecule has 5 N–H and O–H groups in total. The quantitative estimate of drug-likeness (QED) is 0.166. The number of hydrogen-bond donors (Lipinski definition) is 5. The van der Waals surface area contributed by atoms with Gasteiger partial charge in [-0.15, -0.1) is 0 Å². The Hall–Kier alpha value is -3.75. The maximum absolute atomic E-state index is 11.0. The molecule has 1 aromatic rings. The van der Waals surface area contributed by atoms with E-state index in [1.54, 1.807) is 0 Å². The number of aryl methyl sites for hydroxylation is 1. The van der Waals surface area contributed by atoms with Crippen molar-refractivity contribution in [2.24, 2.45) is 0 Å². The monoisotopic (exact) mass is 529 g/mol. The normalized spacial score (nSPS) is 10.6. The third kappa shape index (κ3) is 19.2. The van der Waals surface area contributed by atoms with Gasteiger partial charge in [-0.3, -0.25) is 38.7 Å².